The number of aryl methyl sites for hydroxylation is 1. The molecule has 0 saturated carbocycles. The minimum absolute atomic E-state index is 0.558. The van der Waals surface area contributed by atoms with E-state index in [1.54, 1.807) is 0 Å². The van der Waals surface area contributed by atoms with Gasteiger partial charge in [0, 0.05) is 25.0 Å². The highest BCUT2D eigenvalue weighted by Gasteiger charge is 2.36. The Morgan fingerprint density at radius 1 is 1.06 bits per heavy atom. The molecule has 0 amide bonds. The fraction of sp³-hybridized carbons (Fsp3) is 0.500. The van der Waals surface area contributed by atoms with Gasteiger partial charge in [0.15, 0.2) is 0 Å². The Hall–Kier alpha value is -0.510. The Morgan fingerprint density at radius 2 is 1.56 bits per heavy atom. The van der Waals surface area contributed by atoms with Crippen LogP contribution in [0.3, 0.4) is 0 Å². The Morgan fingerprint density at radius 3 is 2.00 bits per heavy atom. The second-order valence-corrected chi connectivity index (χ2v) is 4.73. The molecule has 0 aliphatic rings. The zero-order chi connectivity index (χ0) is 12.6. The Labute approximate surface area is 94.4 Å². The monoisotopic (exact) mass is 282 g/mol. The van der Waals surface area contributed by atoms with E-state index < -0.39 is 44.5 Å². The molecule has 1 heterocycles. The molecule has 16 heavy (non-hydrogen) atoms. The topological polar surface area (TPSA) is 17.8 Å². The van der Waals surface area contributed by atoms with E-state index in [2.05, 4.69) is 5.10 Å². The molecule has 92 valence electrons. The molecule has 0 aliphatic heterocycles. The van der Waals surface area contributed by atoms with Gasteiger partial charge in [0.25, 0.3) is 0 Å². The van der Waals surface area contributed by atoms with Gasteiger partial charge in [-0.05, 0) is 11.8 Å². The number of halogens is 6. The lowest BCUT2D eigenvalue weighted by atomic mass is 10.7. The van der Waals surface area contributed by atoms with Crippen LogP contribution in [-0.2, 0) is 7.05 Å². The van der Waals surface area contributed by atoms with Gasteiger partial charge in [-0.1, -0.05) is 0 Å². The maximum atomic E-state index is 12.0. The first-order valence-corrected chi connectivity index (χ1v) is 5.25. The van der Waals surface area contributed by atoms with Crippen molar-refractivity contribution in [2.75, 3.05) is 0 Å². The third-order valence-corrected chi connectivity index (χ3v) is 2.81. The van der Waals surface area contributed by atoms with Crippen molar-refractivity contribution in [3.8, 4) is 0 Å². The summed E-state index contributed by atoms with van der Waals surface area (Å²) < 4.78 is 72.9. The van der Waals surface area contributed by atoms with Gasteiger partial charge in [0.05, 0.1) is 4.90 Å². The fourth-order valence-corrected chi connectivity index (χ4v) is 2.20. The normalized spacial score (nSPS) is 13.2. The van der Waals surface area contributed by atoms with E-state index in [4.69, 9.17) is 0 Å². The summed E-state index contributed by atoms with van der Waals surface area (Å²) in [6.07, 6.45) is 0.895. The molecule has 1 aromatic heterocycles. The first kappa shape index (κ1) is 13.6. The van der Waals surface area contributed by atoms with Crippen molar-refractivity contribution >= 4 is 23.5 Å². The summed E-state index contributed by atoms with van der Waals surface area (Å²) in [6.45, 7) is 0. The van der Waals surface area contributed by atoms with Crippen LogP contribution in [-0.4, -0.2) is 20.8 Å². The Bertz CT molecular complexity index is 335. The van der Waals surface area contributed by atoms with Crippen molar-refractivity contribution in [1.82, 2.24) is 9.78 Å². The summed E-state index contributed by atoms with van der Waals surface area (Å²) in [7, 11) is 1.25. The maximum Gasteiger partial charge on any atom is 0.447 e. The molecule has 0 aliphatic carbocycles. The number of alkyl halides is 6. The van der Waals surface area contributed by atoms with Crippen LogP contribution in [0.2, 0.25) is 0 Å². The van der Waals surface area contributed by atoms with Gasteiger partial charge < -0.3 is 0 Å². The molecular formula is C6H4F6N2S2. The first-order chi connectivity index (χ1) is 7.07. The van der Waals surface area contributed by atoms with Gasteiger partial charge in [0.1, 0.15) is 5.03 Å². The van der Waals surface area contributed by atoms with Crippen LogP contribution in [0.5, 0.6) is 0 Å². The number of hydrogen-bond donors (Lipinski definition) is 0. The smallest absolute Gasteiger partial charge is 0.274 e. The number of rotatable bonds is 2. The molecule has 0 spiro atoms. The van der Waals surface area contributed by atoms with Gasteiger partial charge in [-0.3, -0.25) is 4.68 Å². The quantitative estimate of drug-likeness (QED) is 0.609. The van der Waals surface area contributed by atoms with Crippen LogP contribution in [0.1, 0.15) is 0 Å². The number of aromatic nitrogens is 2. The van der Waals surface area contributed by atoms with E-state index in [1.165, 1.54) is 7.05 Å². The summed E-state index contributed by atoms with van der Waals surface area (Å²) in [5, 5.41) is 2.62. The first-order valence-electron chi connectivity index (χ1n) is 3.62. The molecule has 0 unspecified atom stereocenters. The molecule has 0 N–H and O–H groups in total. The van der Waals surface area contributed by atoms with Crippen LogP contribution in [0.25, 0.3) is 0 Å². The predicted octanol–water partition coefficient (Wildman–Crippen LogP) is 3.64. The van der Waals surface area contributed by atoms with Crippen molar-refractivity contribution in [3.63, 3.8) is 0 Å². The lowest BCUT2D eigenvalue weighted by molar-refractivity contribution is -0.0347. The zero-order valence-electron chi connectivity index (χ0n) is 7.56. The molecule has 0 atom stereocenters. The van der Waals surface area contributed by atoms with Crippen LogP contribution in [0.15, 0.2) is 16.1 Å². The summed E-state index contributed by atoms with van der Waals surface area (Å²) >= 11 is -1.28. The molecule has 1 aromatic rings. The van der Waals surface area contributed by atoms with Crippen LogP contribution < -0.4 is 0 Å². The maximum absolute atomic E-state index is 12.0. The summed E-state index contributed by atoms with van der Waals surface area (Å²) in [4.78, 5) is -0.558. The second-order valence-electron chi connectivity index (χ2n) is 2.57. The molecule has 0 bridgehead atoms. The second kappa shape index (κ2) is 4.40. The van der Waals surface area contributed by atoms with E-state index >= 15 is 0 Å². The minimum atomic E-state index is -4.66. The zero-order valence-corrected chi connectivity index (χ0v) is 9.19. The number of hydrogen-bond acceptors (Lipinski definition) is 3. The van der Waals surface area contributed by atoms with Crippen molar-refractivity contribution in [2.45, 2.75) is 20.9 Å². The fourth-order valence-electron chi connectivity index (χ4n) is 0.821. The van der Waals surface area contributed by atoms with Crippen LogP contribution >= 0.6 is 23.5 Å². The SMILES string of the molecule is Cn1cc(SC(F)(F)F)c(SC(F)(F)F)n1. The molecule has 0 saturated heterocycles. The number of thioether (sulfide) groups is 2. The molecule has 0 radical (unpaired) electrons. The highest BCUT2D eigenvalue weighted by molar-refractivity contribution is 8.03. The number of nitrogens with zero attached hydrogens (tertiary/aromatic N) is 2. The van der Waals surface area contributed by atoms with E-state index in [9.17, 15) is 26.3 Å². The highest BCUT2D eigenvalue weighted by atomic mass is 32.2. The van der Waals surface area contributed by atoms with Gasteiger partial charge in [-0.15, -0.1) is 0 Å². The Kier molecular flexibility index (Phi) is 3.72. The summed E-state index contributed by atoms with van der Waals surface area (Å²) in [5.41, 5.74) is -9.29. The van der Waals surface area contributed by atoms with Crippen LogP contribution in [0, 0.1) is 0 Å². The van der Waals surface area contributed by atoms with Crippen molar-refractivity contribution < 1.29 is 26.3 Å². The lowest BCUT2D eigenvalue weighted by Crippen LogP contribution is -2.02. The van der Waals surface area contributed by atoms with Crippen molar-refractivity contribution in [2.24, 2.45) is 7.05 Å². The average molecular weight is 282 g/mol. The van der Waals surface area contributed by atoms with Crippen LogP contribution in [0.4, 0.5) is 26.3 Å². The van der Waals surface area contributed by atoms with E-state index in [0.29, 0.717) is 0 Å². The van der Waals surface area contributed by atoms with E-state index in [0.717, 1.165) is 10.9 Å². The van der Waals surface area contributed by atoms with Crippen molar-refractivity contribution in [3.05, 3.63) is 6.20 Å². The summed E-state index contributed by atoms with van der Waals surface area (Å²) in [5.74, 6) is 0. The molecular weight excluding hydrogens is 278 g/mol. The lowest BCUT2D eigenvalue weighted by Gasteiger charge is -2.06. The van der Waals surface area contributed by atoms with E-state index in [1.807, 2.05) is 0 Å². The molecule has 0 fully saturated rings. The molecule has 0 aromatic carbocycles. The third-order valence-electron chi connectivity index (χ3n) is 1.20. The molecule has 1 rings (SSSR count). The molecule has 10 heteroatoms. The predicted molar refractivity (Wildman–Crippen MR) is 47.0 cm³/mol. The van der Waals surface area contributed by atoms with Gasteiger partial charge >= 0.3 is 11.0 Å². The molecule has 2 nitrogen and oxygen atoms in total. The van der Waals surface area contributed by atoms with E-state index in [-0.39, 0.29) is 0 Å². The summed E-state index contributed by atoms with van der Waals surface area (Å²) in [6, 6.07) is 0. The van der Waals surface area contributed by atoms with Gasteiger partial charge in [-0.25, -0.2) is 0 Å². The highest BCUT2D eigenvalue weighted by Crippen LogP contribution is 2.45. The largest absolute Gasteiger partial charge is 0.447 e. The van der Waals surface area contributed by atoms with Gasteiger partial charge in [0.2, 0.25) is 0 Å². The van der Waals surface area contributed by atoms with Gasteiger partial charge in [-0.2, -0.15) is 31.4 Å². The van der Waals surface area contributed by atoms with Crippen molar-refractivity contribution in [1.29, 1.82) is 0 Å². The third kappa shape index (κ3) is 4.56. The average Bonchev–Trinajstić information content (AvgIpc) is 2.23. The minimum Gasteiger partial charge on any atom is -0.274 e. The Balaban J connectivity index is 2.92. The standard InChI is InChI=1S/C6H4F6N2S2/c1-14-2-3(15-5(7,8)9)4(13-14)16-6(10,11)12/h2H,1H3.